The van der Waals surface area contributed by atoms with Crippen LogP contribution in [-0.2, 0) is 25.9 Å². The summed E-state index contributed by atoms with van der Waals surface area (Å²) in [6, 6.07) is 4.39. The smallest absolute Gasteiger partial charge is 0.414 e. The molecule has 0 saturated heterocycles. The van der Waals surface area contributed by atoms with Gasteiger partial charge in [-0.3, -0.25) is 9.45 Å². The van der Waals surface area contributed by atoms with Gasteiger partial charge in [0.05, 0.1) is 13.4 Å². The number of amides is 1. The number of nitrogens with zero attached hydrogens (tertiary/aromatic N) is 1. The molecule has 1 aromatic rings. The van der Waals surface area contributed by atoms with Gasteiger partial charge in [-0.25, -0.2) is 9.59 Å². The van der Waals surface area contributed by atoms with E-state index in [-0.39, 0.29) is 11.9 Å². The zero-order valence-corrected chi connectivity index (χ0v) is 16.0. The van der Waals surface area contributed by atoms with E-state index in [0.29, 0.717) is 11.3 Å². The molecule has 0 aromatic heterocycles. The molecule has 8 nitrogen and oxygen atoms in total. The summed E-state index contributed by atoms with van der Waals surface area (Å²) >= 11 is 0. The monoisotopic (exact) mass is 383 g/mol. The number of hydrogen-bond acceptors (Lipinski definition) is 6. The zero-order valence-electron chi connectivity index (χ0n) is 15.2. The molecule has 1 rings (SSSR count). The summed E-state index contributed by atoms with van der Waals surface area (Å²) in [6.45, 7) is 4.76. The van der Waals surface area contributed by atoms with Crippen LogP contribution in [0.4, 0.5) is 10.5 Å². The quantitative estimate of drug-likeness (QED) is 0.453. The molecular weight excluding hydrogens is 361 g/mol. The Morgan fingerprint density at radius 1 is 1.27 bits per heavy atom. The van der Waals surface area contributed by atoms with Crippen molar-refractivity contribution in [1.82, 2.24) is 0 Å². The third kappa shape index (κ3) is 7.05. The van der Waals surface area contributed by atoms with Crippen LogP contribution >= 0.6 is 0 Å². The number of carbonyl (C=O) groups excluding carboxylic acids is 2. The van der Waals surface area contributed by atoms with Crippen molar-refractivity contribution in [2.45, 2.75) is 32.7 Å². The van der Waals surface area contributed by atoms with Crippen LogP contribution in [0, 0.1) is 0 Å². The standard InChI is InChI=1S/C16H22BNO7S/c1-16(2,3)25-15(20)18(4)13-6-5-11(9-12(13)10-17)14(19)24-7-8-26(21,22)23/h5-6,9H,7-8,10H2,1-4H3,(H,21,22,23). The van der Waals surface area contributed by atoms with Crippen molar-refractivity contribution in [2.24, 2.45) is 0 Å². The molecule has 0 saturated carbocycles. The number of ether oxygens (including phenoxy) is 2. The summed E-state index contributed by atoms with van der Waals surface area (Å²) in [5.41, 5.74) is 0.450. The SMILES string of the molecule is [B]Cc1cc(C(=O)OCCS(=O)(=O)O)ccc1N(C)C(=O)OC(C)(C)C. The van der Waals surface area contributed by atoms with E-state index in [4.69, 9.17) is 21.9 Å². The fraction of sp³-hybridized carbons (Fsp3) is 0.500. The summed E-state index contributed by atoms with van der Waals surface area (Å²) in [5.74, 6) is -1.46. The molecule has 26 heavy (non-hydrogen) atoms. The van der Waals surface area contributed by atoms with Crippen LogP contribution in [0.1, 0.15) is 36.7 Å². The molecule has 0 atom stereocenters. The predicted octanol–water partition coefficient (Wildman–Crippen LogP) is 1.77. The summed E-state index contributed by atoms with van der Waals surface area (Å²) in [6.07, 6.45) is -0.523. The Balaban J connectivity index is 2.93. The van der Waals surface area contributed by atoms with Gasteiger partial charge in [0.15, 0.2) is 0 Å². The minimum absolute atomic E-state index is 0.0502. The van der Waals surface area contributed by atoms with Gasteiger partial charge in [-0.15, -0.1) is 0 Å². The van der Waals surface area contributed by atoms with Crippen molar-refractivity contribution < 1.29 is 32.0 Å². The lowest BCUT2D eigenvalue weighted by Crippen LogP contribution is -2.34. The van der Waals surface area contributed by atoms with Crippen LogP contribution in [0.5, 0.6) is 0 Å². The number of esters is 1. The van der Waals surface area contributed by atoms with Crippen LogP contribution in [0.25, 0.3) is 0 Å². The van der Waals surface area contributed by atoms with Crippen LogP contribution in [0.3, 0.4) is 0 Å². The van der Waals surface area contributed by atoms with Crippen molar-refractivity contribution in [3.05, 3.63) is 29.3 Å². The van der Waals surface area contributed by atoms with Gasteiger partial charge in [-0.1, -0.05) is 6.32 Å². The fourth-order valence-electron chi connectivity index (χ4n) is 1.95. The maximum Gasteiger partial charge on any atom is 0.414 e. The van der Waals surface area contributed by atoms with E-state index in [2.05, 4.69) is 0 Å². The number of benzene rings is 1. The Morgan fingerprint density at radius 2 is 1.88 bits per heavy atom. The third-order valence-corrected chi connectivity index (χ3v) is 3.82. The Bertz CT molecular complexity index is 771. The molecule has 1 amide bonds. The molecule has 0 fully saturated rings. The third-order valence-electron chi connectivity index (χ3n) is 3.14. The molecule has 0 heterocycles. The highest BCUT2D eigenvalue weighted by atomic mass is 32.2. The fourth-order valence-corrected chi connectivity index (χ4v) is 2.25. The molecule has 142 valence electrons. The second kappa shape index (κ2) is 8.55. The van der Waals surface area contributed by atoms with Crippen LogP contribution in [0.15, 0.2) is 18.2 Å². The summed E-state index contributed by atoms with van der Waals surface area (Å²) in [7, 11) is 3.01. The highest BCUT2D eigenvalue weighted by Gasteiger charge is 2.22. The molecule has 0 aliphatic heterocycles. The second-order valence-electron chi connectivity index (χ2n) is 6.51. The van der Waals surface area contributed by atoms with Gasteiger partial charge in [-0.05, 0) is 44.5 Å². The minimum Gasteiger partial charge on any atom is -0.461 e. The van der Waals surface area contributed by atoms with E-state index in [1.165, 1.54) is 30.1 Å². The molecule has 2 radical (unpaired) electrons. The highest BCUT2D eigenvalue weighted by Crippen LogP contribution is 2.23. The molecule has 0 unspecified atom stereocenters. The molecule has 0 spiro atoms. The van der Waals surface area contributed by atoms with Crippen LogP contribution in [-0.4, -0.2) is 57.9 Å². The number of rotatable bonds is 6. The summed E-state index contributed by atoms with van der Waals surface area (Å²) in [4.78, 5) is 25.4. The number of carbonyl (C=O) groups is 2. The first kappa shape index (κ1) is 22.0. The highest BCUT2D eigenvalue weighted by molar-refractivity contribution is 7.85. The minimum atomic E-state index is -4.21. The van der Waals surface area contributed by atoms with E-state index in [9.17, 15) is 18.0 Å². The normalized spacial score (nSPS) is 11.7. The molecule has 0 bridgehead atoms. The maximum atomic E-state index is 12.2. The number of hydrogen-bond donors (Lipinski definition) is 1. The first-order valence-corrected chi connectivity index (χ1v) is 9.37. The van der Waals surface area contributed by atoms with E-state index >= 15 is 0 Å². The second-order valence-corrected chi connectivity index (χ2v) is 8.08. The van der Waals surface area contributed by atoms with Crippen molar-refractivity contribution in [2.75, 3.05) is 24.3 Å². The topological polar surface area (TPSA) is 110 Å². The van der Waals surface area contributed by atoms with Crippen LogP contribution < -0.4 is 4.90 Å². The number of anilines is 1. The lowest BCUT2D eigenvalue weighted by Gasteiger charge is -2.26. The Labute approximate surface area is 154 Å². The van der Waals surface area contributed by atoms with Crippen molar-refractivity contribution >= 4 is 35.7 Å². The van der Waals surface area contributed by atoms with Crippen molar-refractivity contribution in [3.8, 4) is 0 Å². The average molecular weight is 383 g/mol. The van der Waals surface area contributed by atoms with Crippen molar-refractivity contribution in [1.29, 1.82) is 0 Å². The lowest BCUT2D eigenvalue weighted by molar-refractivity contribution is 0.0527. The Kier molecular flexibility index (Phi) is 7.22. The van der Waals surface area contributed by atoms with E-state index in [1.54, 1.807) is 20.8 Å². The zero-order chi connectivity index (χ0) is 20.1. The lowest BCUT2D eigenvalue weighted by atomic mass is 9.93. The Hall–Kier alpha value is -2.07. The van der Waals surface area contributed by atoms with Gasteiger partial charge < -0.3 is 9.47 Å². The van der Waals surface area contributed by atoms with Gasteiger partial charge >= 0.3 is 12.1 Å². The molecule has 10 heteroatoms. The Morgan fingerprint density at radius 3 is 2.38 bits per heavy atom. The largest absolute Gasteiger partial charge is 0.461 e. The summed E-state index contributed by atoms with van der Waals surface area (Å²) < 4.78 is 40.0. The van der Waals surface area contributed by atoms with Crippen LogP contribution in [0.2, 0.25) is 0 Å². The molecular formula is C16H22BNO7S. The molecule has 1 N–H and O–H groups in total. The van der Waals surface area contributed by atoms with E-state index in [0.717, 1.165) is 0 Å². The maximum absolute atomic E-state index is 12.2. The van der Waals surface area contributed by atoms with E-state index in [1.807, 2.05) is 0 Å². The first-order valence-electron chi connectivity index (χ1n) is 7.76. The molecule has 1 aromatic carbocycles. The van der Waals surface area contributed by atoms with Crippen molar-refractivity contribution in [3.63, 3.8) is 0 Å². The predicted molar refractivity (Wildman–Crippen MR) is 97.2 cm³/mol. The molecule has 0 aliphatic carbocycles. The van der Waals surface area contributed by atoms with Gasteiger partial charge in [0.25, 0.3) is 10.1 Å². The van der Waals surface area contributed by atoms with Gasteiger partial charge in [0.1, 0.15) is 18.0 Å². The van der Waals surface area contributed by atoms with Gasteiger partial charge in [0, 0.05) is 12.7 Å². The first-order chi connectivity index (χ1) is 11.8. The average Bonchev–Trinajstić information content (AvgIpc) is 2.50. The molecule has 0 aliphatic rings. The summed E-state index contributed by atoms with van der Waals surface area (Å²) in [5, 5.41) is 0. The van der Waals surface area contributed by atoms with Gasteiger partial charge in [0.2, 0.25) is 0 Å². The van der Waals surface area contributed by atoms with Gasteiger partial charge in [-0.2, -0.15) is 8.42 Å². The van der Waals surface area contributed by atoms with E-state index < -0.39 is 40.1 Å².